The number of hydrogen-bond donors (Lipinski definition) is 0. The molecule has 25 heavy (non-hydrogen) atoms. The minimum atomic E-state index is -3.60. The Balaban J connectivity index is 2.51. The summed E-state index contributed by atoms with van der Waals surface area (Å²) in [5, 5.41) is 0. The first-order valence-electron chi connectivity index (χ1n) is 7.63. The fourth-order valence-corrected chi connectivity index (χ4v) is 3.92. The van der Waals surface area contributed by atoms with E-state index in [2.05, 4.69) is 0 Å². The lowest BCUT2D eigenvalue weighted by Crippen LogP contribution is -2.28. The Morgan fingerprint density at radius 1 is 1.04 bits per heavy atom. The Morgan fingerprint density at radius 3 is 2.28 bits per heavy atom. The van der Waals surface area contributed by atoms with Crippen molar-refractivity contribution in [2.45, 2.75) is 18.7 Å². The number of carbonyl (C=O) groups is 1. The summed E-state index contributed by atoms with van der Waals surface area (Å²) in [6.45, 7) is 3.96. The van der Waals surface area contributed by atoms with E-state index in [-0.39, 0.29) is 10.8 Å². The van der Waals surface area contributed by atoms with E-state index >= 15 is 0 Å². The van der Waals surface area contributed by atoms with Crippen LogP contribution < -0.4 is 4.90 Å². The largest absolute Gasteiger partial charge is 0.311 e. The van der Waals surface area contributed by atoms with E-state index in [4.69, 9.17) is 0 Å². The molecule has 0 aliphatic carbocycles. The van der Waals surface area contributed by atoms with Crippen LogP contribution in [0.1, 0.15) is 21.5 Å². The summed E-state index contributed by atoms with van der Waals surface area (Å²) >= 11 is 2.05. The lowest BCUT2D eigenvalue weighted by molar-refractivity contribution is 0.0992. The number of benzene rings is 2. The zero-order valence-electron chi connectivity index (χ0n) is 14.9. The Labute approximate surface area is 162 Å². The summed E-state index contributed by atoms with van der Waals surface area (Å²) in [6.07, 6.45) is 0. The number of halogens is 1. The van der Waals surface area contributed by atoms with Gasteiger partial charge in [0.2, 0.25) is 10.0 Å². The highest BCUT2D eigenvalue weighted by molar-refractivity contribution is 14.1. The zero-order valence-corrected chi connectivity index (χ0v) is 17.8. The quantitative estimate of drug-likeness (QED) is 0.641. The van der Waals surface area contributed by atoms with E-state index in [1.165, 1.54) is 26.2 Å². The fourth-order valence-electron chi connectivity index (χ4n) is 2.43. The van der Waals surface area contributed by atoms with Gasteiger partial charge in [-0.3, -0.25) is 4.79 Å². The lowest BCUT2D eigenvalue weighted by atomic mass is 10.1. The normalized spacial score (nSPS) is 11.6. The molecule has 0 fully saturated rings. The molecule has 0 N–H and O–H groups in total. The second-order valence-electron chi connectivity index (χ2n) is 6.01. The molecule has 2 aromatic rings. The van der Waals surface area contributed by atoms with Crippen molar-refractivity contribution in [3.63, 3.8) is 0 Å². The summed E-state index contributed by atoms with van der Waals surface area (Å²) < 4.78 is 26.6. The van der Waals surface area contributed by atoms with Gasteiger partial charge in [0.15, 0.2) is 0 Å². The van der Waals surface area contributed by atoms with Gasteiger partial charge < -0.3 is 4.90 Å². The number of sulfonamides is 1. The van der Waals surface area contributed by atoms with E-state index in [0.29, 0.717) is 9.13 Å². The van der Waals surface area contributed by atoms with Crippen LogP contribution >= 0.6 is 22.6 Å². The number of amides is 1. The van der Waals surface area contributed by atoms with Gasteiger partial charge in [0.25, 0.3) is 5.91 Å². The number of anilines is 1. The van der Waals surface area contributed by atoms with Crippen LogP contribution in [0.5, 0.6) is 0 Å². The number of nitrogens with zero attached hydrogens (tertiary/aromatic N) is 2. The van der Waals surface area contributed by atoms with Crippen LogP contribution in [0.4, 0.5) is 5.69 Å². The van der Waals surface area contributed by atoms with Gasteiger partial charge in [-0.2, -0.15) is 0 Å². The second-order valence-corrected chi connectivity index (χ2v) is 9.33. The summed E-state index contributed by atoms with van der Waals surface area (Å²) in [5.74, 6) is -0.242. The van der Waals surface area contributed by atoms with Gasteiger partial charge >= 0.3 is 0 Å². The van der Waals surface area contributed by atoms with Crippen LogP contribution in [-0.4, -0.2) is 39.8 Å². The fraction of sp³-hybridized carbons (Fsp3) is 0.278. The minimum absolute atomic E-state index is 0.107. The lowest BCUT2D eigenvalue weighted by Gasteiger charge is -2.22. The molecular formula is C18H21IN2O3S. The van der Waals surface area contributed by atoms with Gasteiger partial charge in [0.05, 0.1) is 10.5 Å². The molecule has 0 heterocycles. The van der Waals surface area contributed by atoms with Crippen LogP contribution in [0.15, 0.2) is 41.3 Å². The van der Waals surface area contributed by atoms with Crippen molar-refractivity contribution in [2.75, 3.05) is 26.0 Å². The number of carbonyl (C=O) groups excluding carboxylic acids is 1. The first kappa shape index (κ1) is 19.9. The predicted molar refractivity (Wildman–Crippen MR) is 109 cm³/mol. The molecule has 0 bridgehead atoms. The Bertz CT molecular complexity index is 924. The molecule has 5 nitrogen and oxygen atoms in total. The predicted octanol–water partition coefficient (Wildman–Crippen LogP) is 3.43. The van der Waals surface area contributed by atoms with Crippen molar-refractivity contribution in [1.29, 1.82) is 0 Å². The summed E-state index contributed by atoms with van der Waals surface area (Å²) in [4.78, 5) is 14.7. The van der Waals surface area contributed by atoms with Crippen molar-refractivity contribution >= 4 is 44.2 Å². The standard InChI is InChI=1S/C18H21IN2O3S/c1-12-7-6-8-17(13(12)2)21(5)18(22)15-11-14(9-10-16(15)19)25(23,24)20(3)4/h6-11H,1-5H3. The second kappa shape index (κ2) is 7.43. The Kier molecular flexibility index (Phi) is 5.90. The van der Waals surface area contributed by atoms with Gasteiger partial charge in [-0.15, -0.1) is 0 Å². The third kappa shape index (κ3) is 3.88. The molecule has 0 radical (unpaired) electrons. The van der Waals surface area contributed by atoms with Gasteiger partial charge in [0, 0.05) is 30.4 Å². The minimum Gasteiger partial charge on any atom is -0.311 e. The van der Waals surface area contributed by atoms with Crippen LogP contribution in [0.2, 0.25) is 0 Å². The molecule has 2 aromatic carbocycles. The maximum atomic E-state index is 13.0. The maximum absolute atomic E-state index is 13.0. The van der Waals surface area contributed by atoms with E-state index in [1.54, 1.807) is 18.0 Å². The monoisotopic (exact) mass is 472 g/mol. The summed E-state index contributed by atoms with van der Waals surface area (Å²) in [7, 11) is 1.04. The first-order valence-corrected chi connectivity index (χ1v) is 10.2. The smallest absolute Gasteiger partial charge is 0.259 e. The molecule has 0 spiro atoms. The first-order chi connectivity index (χ1) is 11.6. The molecule has 0 atom stereocenters. The number of aryl methyl sites for hydroxylation is 1. The van der Waals surface area contributed by atoms with Crippen LogP contribution in [-0.2, 0) is 10.0 Å². The Morgan fingerprint density at radius 2 is 1.68 bits per heavy atom. The van der Waals surface area contributed by atoms with Gasteiger partial charge in [0.1, 0.15) is 0 Å². The average molecular weight is 472 g/mol. The maximum Gasteiger partial charge on any atom is 0.259 e. The van der Waals surface area contributed by atoms with Crippen LogP contribution in [0.3, 0.4) is 0 Å². The van der Waals surface area contributed by atoms with E-state index in [1.807, 2.05) is 54.6 Å². The van der Waals surface area contributed by atoms with Gasteiger partial charge in [-0.25, -0.2) is 12.7 Å². The topological polar surface area (TPSA) is 57.7 Å². The molecule has 1 amide bonds. The van der Waals surface area contributed by atoms with Gasteiger partial charge in [-0.1, -0.05) is 12.1 Å². The SMILES string of the molecule is Cc1cccc(N(C)C(=O)c2cc(S(=O)(=O)N(C)C)ccc2I)c1C. The number of hydrogen-bond acceptors (Lipinski definition) is 3. The highest BCUT2D eigenvalue weighted by atomic mass is 127. The molecule has 0 unspecified atom stereocenters. The highest BCUT2D eigenvalue weighted by Crippen LogP contribution is 2.26. The van der Waals surface area contributed by atoms with Crippen LogP contribution in [0.25, 0.3) is 0 Å². The van der Waals surface area contributed by atoms with Crippen molar-refractivity contribution in [3.05, 3.63) is 56.7 Å². The Hall–Kier alpha value is -1.45. The van der Waals surface area contributed by atoms with E-state index < -0.39 is 10.0 Å². The molecule has 2 rings (SSSR count). The average Bonchev–Trinajstić information content (AvgIpc) is 2.56. The zero-order chi connectivity index (χ0) is 18.9. The number of rotatable bonds is 4. The third-order valence-corrected chi connectivity index (χ3v) is 6.94. The molecule has 0 aliphatic heterocycles. The molecule has 134 valence electrons. The molecule has 7 heteroatoms. The molecule has 0 aromatic heterocycles. The van der Waals surface area contributed by atoms with E-state index in [0.717, 1.165) is 21.1 Å². The van der Waals surface area contributed by atoms with Crippen LogP contribution in [0, 0.1) is 17.4 Å². The van der Waals surface area contributed by atoms with Crippen molar-refractivity contribution in [3.8, 4) is 0 Å². The molecule has 0 aliphatic rings. The molecular weight excluding hydrogens is 451 g/mol. The molecule has 0 saturated heterocycles. The van der Waals surface area contributed by atoms with E-state index in [9.17, 15) is 13.2 Å². The highest BCUT2D eigenvalue weighted by Gasteiger charge is 2.23. The summed E-state index contributed by atoms with van der Waals surface area (Å²) in [6, 6.07) is 10.4. The van der Waals surface area contributed by atoms with Gasteiger partial charge in [-0.05, 0) is 71.8 Å². The summed E-state index contributed by atoms with van der Waals surface area (Å²) in [5.41, 5.74) is 3.29. The third-order valence-electron chi connectivity index (χ3n) is 4.19. The van der Waals surface area contributed by atoms with Crippen molar-refractivity contribution in [1.82, 2.24) is 4.31 Å². The van der Waals surface area contributed by atoms with Crippen molar-refractivity contribution < 1.29 is 13.2 Å². The molecule has 0 saturated carbocycles. The van der Waals surface area contributed by atoms with Crippen molar-refractivity contribution in [2.24, 2.45) is 0 Å².